The fourth-order valence-corrected chi connectivity index (χ4v) is 4.19. The zero-order valence-corrected chi connectivity index (χ0v) is 18.9. The lowest BCUT2D eigenvalue weighted by Gasteiger charge is -2.17. The molecule has 1 saturated carbocycles. The number of carbonyl (C=O) groups is 1. The zero-order chi connectivity index (χ0) is 23.7. The highest BCUT2D eigenvalue weighted by molar-refractivity contribution is 6.30. The molecule has 0 unspecified atom stereocenters. The van der Waals surface area contributed by atoms with Gasteiger partial charge in [-0.05, 0) is 77.7 Å². The van der Waals surface area contributed by atoms with E-state index < -0.39 is 11.2 Å². The molecule has 2 heterocycles. The molecule has 10 heteroatoms. The van der Waals surface area contributed by atoms with Crippen LogP contribution >= 0.6 is 11.6 Å². The number of tetrazole rings is 1. The number of anilines is 1. The van der Waals surface area contributed by atoms with Crippen LogP contribution in [0.4, 0.5) is 10.1 Å². The molecule has 1 fully saturated rings. The van der Waals surface area contributed by atoms with Crippen molar-refractivity contribution in [3.8, 4) is 28.4 Å². The van der Waals surface area contributed by atoms with E-state index in [2.05, 4.69) is 30.9 Å². The van der Waals surface area contributed by atoms with E-state index in [0.29, 0.717) is 48.0 Å². The number of nitrogens with zero attached hydrogens (tertiary/aromatic N) is 4. The average Bonchev–Trinajstić information content (AvgIpc) is 3.46. The molecule has 5 rings (SSSR count). The van der Waals surface area contributed by atoms with E-state index in [-0.39, 0.29) is 10.9 Å². The van der Waals surface area contributed by atoms with Gasteiger partial charge in [-0.1, -0.05) is 17.7 Å². The van der Waals surface area contributed by atoms with Crippen LogP contribution in [0.2, 0.25) is 5.02 Å². The van der Waals surface area contributed by atoms with Crippen molar-refractivity contribution in [1.29, 1.82) is 0 Å². The number of nitrogens with one attached hydrogen (secondary N) is 2. The lowest BCUT2D eigenvalue weighted by atomic mass is 9.94. The Morgan fingerprint density at radius 3 is 2.68 bits per heavy atom. The maximum Gasteiger partial charge on any atom is 0.235 e. The van der Waals surface area contributed by atoms with Crippen molar-refractivity contribution in [3.05, 3.63) is 71.1 Å². The standard InChI is InChI=1S/C24H20ClFN6O2/c1-2-34-21-6-3-14(13-27-21)19-5-4-18(12-20(19)22-29-31-32-30-22)28-23(33)24(7-8-24)15-9-16(25)11-17(26)10-15/h3-6,9-13H,2,7-8H2,1H3,(H,28,33)(H,29,30,31,32). The van der Waals surface area contributed by atoms with Crippen molar-refractivity contribution in [2.24, 2.45) is 0 Å². The highest BCUT2D eigenvalue weighted by atomic mass is 35.5. The number of aromatic amines is 1. The molecule has 0 radical (unpaired) electrons. The molecular formula is C24H20ClFN6O2. The number of hydrogen-bond acceptors (Lipinski definition) is 6. The normalized spacial score (nSPS) is 14.0. The van der Waals surface area contributed by atoms with Crippen molar-refractivity contribution in [2.45, 2.75) is 25.2 Å². The van der Waals surface area contributed by atoms with Gasteiger partial charge in [-0.15, -0.1) is 5.10 Å². The SMILES string of the molecule is CCOc1ccc(-c2ccc(NC(=O)C3(c4cc(F)cc(Cl)c4)CC3)cc2-c2nnn[nH]2)cn1. The summed E-state index contributed by atoms with van der Waals surface area (Å²) in [6.45, 7) is 2.42. The number of carbonyl (C=O) groups excluding carboxylic acids is 1. The molecule has 0 spiro atoms. The number of pyridine rings is 1. The topological polar surface area (TPSA) is 106 Å². The molecule has 0 aliphatic heterocycles. The molecule has 0 bridgehead atoms. The molecule has 0 atom stereocenters. The van der Waals surface area contributed by atoms with Crippen LogP contribution in [0.5, 0.6) is 5.88 Å². The van der Waals surface area contributed by atoms with E-state index in [1.54, 1.807) is 30.5 Å². The minimum Gasteiger partial charge on any atom is -0.478 e. The fourth-order valence-electron chi connectivity index (χ4n) is 3.97. The second-order valence-electron chi connectivity index (χ2n) is 8.02. The van der Waals surface area contributed by atoms with Crippen molar-refractivity contribution in [3.63, 3.8) is 0 Å². The third kappa shape index (κ3) is 4.22. The third-order valence-electron chi connectivity index (χ3n) is 5.82. The first-order valence-electron chi connectivity index (χ1n) is 10.7. The predicted octanol–water partition coefficient (Wildman–Crippen LogP) is 4.79. The molecule has 2 N–H and O–H groups in total. The van der Waals surface area contributed by atoms with Crippen LogP contribution in [0.3, 0.4) is 0 Å². The van der Waals surface area contributed by atoms with Gasteiger partial charge in [0.1, 0.15) is 5.82 Å². The highest BCUT2D eigenvalue weighted by Gasteiger charge is 2.51. The first-order chi connectivity index (χ1) is 16.5. The Morgan fingerprint density at radius 2 is 2.03 bits per heavy atom. The van der Waals surface area contributed by atoms with Gasteiger partial charge in [-0.3, -0.25) is 4.79 Å². The molecule has 8 nitrogen and oxygen atoms in total. The largest absolute Gasteiger partial charge is 0.478 e. The van der Waals surface area contributed by atoms with E-state index >= 15 is 0 Å². The Kier molecular flexibility index (Phi) is 5.70. The number of aromatic nitrogens is 5. The second-order valence-corrected chi connectivity index (χ2v) is 8.46. The quantitative estimate of drug-likeness (QED) is 0.395. The summed E-state index contributed by atoms with van der Waals surface area (Å²) < 4.78 is 19.3. The van der Waals surface area contributed by atoms with Crippen LogP contribution in [0.1, 0.15) is 25.3 Å². The highest BCUT2D eigenvalue weighted by Crippen LogP contribution is 2.50. The van der Waals surface area contributed by atoms with Crippen molar-refractivity contribution < 1.29 is 13.9 Å². The lowest BCUT2D eigenvalue weighted by molar-refractivity contribution is -0.118. The van der Waals surface area contributed by atoms with Crippen molar-refractivity contribution in [1.82, 2.24) is 25.6 Å². The molecular weight excluding hydrogens is 459 g/mol. The van der Waals surface area contributed by atoms with Crippen LogP contribution in [0, 0.1) is 5.82 Å². The number of benzene rings is 2. The number of hydrogen-bond donors (Lipinski definition) is 2. The molecule has 2 aromatic heterocycles. The molecule has 34 heavy (non-hydrogen) atoms. The van der Waals surface area contributed by atoms with Gasteiger partial charge < -0.3 is 10.1 Å². The average molecular weight is 479 g/mol. The maximum atomic E-state index is 13.9. The summed E-state index contributed by atoms with van der Waals surface area (Å²) in [5.74, 6) is 0.296. The van der Waals surface area contributed by atoms with E-state index in [1.165, 1.54) is 12.1 Å². The van der Waals surface area contributed by atoms with Crippen LogP contribution in [0.15, 0.2) is 54.7 Å². The van der Waals surface area contributed by atoms with Crippen LogP contribution in [-0.4, -0.2) is 38.1 Å². The van der Waals surface area contributed by atoms with Gasteiger partial charge in [-0.25, -0.2) is 14.5 Å². The summed E-state index contributed by atoms with van der Waals surface area (Å²) in [6, 6.07) is 13.4. The summed E-state index contributed by atoms with van der Waals surface area (Å²) in [5, 5.41) is 17.4. The van der Waals surface area contributed by atoms with Gasteiger partial charge in [0.2, 0.25) is 11.8 Å². The van der Waals surface area contributed by atoms with E-state index in [0.717, 1.165) is 11.1 Å². The zero-order valence-electron chi connectivity index (χ0n) is 18.2. The van der Waals surface area contributed by atoms with Gasteiger partial charge >= 0.3 is 0 Å². The monoisotopic (exact) mass is 478 g/mol. The van der Waals surface area contributed by atoms with Crippen LogP contribution < -0.4 is 10.1 Å². The van der Waals surface area contributed by atoms with Crippen LogP contribution in [-0.2, 0) is 10.2 Å². The number of ether oxygens (including phenoxy) is 1. The predicted molar refractivity (Wildman–Crippen MR) is 125 cm³/mol. The minimum absolute atomic E-state index is 0.216. The van der Waals surface area contributed by atoms with Crippen LogP contribution in [0.25, 0.3) is 22.5 Å². The Hall–Kier alpha value is -3.85. The Labute approximate surface area is 199 Å². The number of H-pyrrole nitrogens is 1. The molecule has 1 amide bonds. The first kappa shape index (κ1) is 22.0. The number of halogens is 2. The lowest BCUT2D eigenvalue weighted by Crippen LogP contribution is -2.28. The van der Waals surface area contributed by atoms with Gasteiger partial charge in [0.05, 0.1) is 12.0 Å². The van der Waals surface area contributed by atoms with E-state index in [9.17, 15) is 9.18 Å². The first-order valence-corrected chi connectivity index (χ1v) is 11.1. The molecule has 172 valence electrons. The summed E-state index contributed by atoms with van der Waals surface area (Å²) in [7, 11) is 0. The molecule has 4 aromatic rings. The Bertz CT molecular complexity index is 1320. The van der Waals surface area contributed by atoms with Crippen molar-refractivity contribution >= 4 is 23.2 Å². The molecule has 0 saturated heterocycles. The fraction of sp³-hybridized carbons (Fsp3) is 0.208. The summed E-state index contributed by atoms with van der Waals surface area (Å²) in [6.07, 6.45) is 2.94. The molecule has 1 aliphatic rings. The van der Waals surface area contributed by atoms with E-state index in [1.807, 2.05) is 19.1 Å². The van der Waals surface area contributed by atoms with Crippen molar-refractivity contribution in [2.75, 3.05) is 11.9 Å². The summed E-state index contributed by atoms with van der Waals surface area (Å²) in [5.41, 5.74) is 2.69. The minimum atomic E-state index is -0.794. The number of rotatable bonds is 7. The third-order valence-corrected chi connectivity index (χ3v) is 6.04. The Balaban J connectivity index is 1.46. The van der Waals surface area contributed by atoms with E-state index in [4.69, 9.17) is 16.3 Å². The van der Waals surface area contributed by atoms with Gasteiger partial charge in [0, 0.05) is 34.1 Å². The second kappa shape index (κ2) is 8.83. The van der Waals surface area contributed by atoms with Gasteiger partial charge in [0.25, 0.3) is 0 Å². The Morgan fingerprint density at radius 1 is 1.18 bits per heavy atom. The van der Waals surface area contributed by atoms with Gasteiger partial charge in [-0.2, -0.15) is 0 Å². The maximum absolute atomic E-state index is 13.9. The van der Waals surface area contributed by atoms with Gasteiger partial charge in [0.15, 0.2) is 5.82 Å². The number of amides is 1. The summed E-state index contributed by atoms with van der Waals surface area (Å²) >= 11 is 6.02. The molecule has 2 aromatic carbocycles. The smallest absolute Gasteiger partial charge is 0.235 e. The summed E-state index contributed by atoms with van der Waals surface area (Å²) in [4.78, 5) is 17.6. The molecule has 1 aliphatic carbocycles.